The van der Waals surface area contributed by atoms with E-state index >= 15 is 0 Å². The highest BCUT2D eigenvalue weighted by Crippen LogP contribution is 2.39. The van der Waals surface area contributed by atoms with Crippen molar-refractivity contribution < 1.29 is 9.53 Å². The summed E-state index contributed by atoms with van der Waals surface area (Å²) in [6, 6.07) is 9.97. The summed E-state index contributed by atoms with van der Waals surface area (Å²) in [6.45, 7) is 6.09. The predicted molar refractivity (Wildman–Crippen MR) is 102 cm³/mol. The number of likely N-dealkylation sites (tertiary alicyclic amines) is 1. The van der Waals surface area contributed by atoms with Gasteiger partial charge in [-0.1, -0.05) is 12.1 Å². The fourth-order valence-corrected chi connectivity index (χ4v) is 3.59. The van der Waals surface area contributed by atoms with Crippen LogP contribution in [0.15, 0.2) is 30.3 Å². The van der Waals surface area contributed by atoms with Crippen molar-refractivity contribution in [1.82, 2.24) is 9.88 Å². The van der Waals surface area contributed by atoms with Crippen LogP contribution in [-0.4, -0.2) is 35.6 Å². The van der Waals surface area contributed by atoms with Crippen molar-refractivity contribution in [2.75, 3.05) is 24.7 Å². The van der Waals surface area contributed by atoms with Gasteiger partial charge in [0.2, 0.25) is 0 Å². The zero-order valence-electron chi connectivity index (χ0n) is 15.4. The number of aromatic nitrogens is 1. The van der Waals surface area contributed by atoms with Crippen LogP contribution in [0.5, 0.6) is 5.75 Å². The topological polar surface area (TPSA) is 74.6 Å². The minimum atomic E-state index is -0.369. The Balaban J connectivity index is 1.56. The van der Waals surface area contributed by atoms with Gasteiger partial charge in [0.05, 0.1) is 0 Å². The van der Waals surface area contributed by atoms with Gasteiger partial charge in [-0.15, -0.1) is 0 Å². The summed E-state index contributed by atoms with van der Waals surface area (Å²) in [7, 11) is 0. The van der Waals surface area contributed by atoms with Crippen molar-refractivity contribution in [2.45, 2.75) is 38.6 Å². The Bertz CT molecular complexity index is 798. The van der Waals surface area contributed by atoms with E-state index in [1.807, 2.05) is 54.0 Å². The Kier molecular flexibility index (Phi) is 4.15. The quantitative estimate of drug-likeness (QED) is 0.887. The van der Waals surface area contributed by atoms with E-state index in [0.29, 0.717) is 12.4 Å². The molecule has 2 aliphatic heterocycles. The molecule has 1 saturated heterocycles. The lowest BCUT2D eigenvalue weighted by molar-refractivity contribution is 0.0719. The van der Waals surface area contributed by atoms with Crippen molar-refractivity contribution in [3.05, 3.63) is 41.6 Å². The summed E-state index contributed by atoms with van der Waals surface area (Å²) >= 11 is 0. The molecule has 1 aromatic carbocycles. The van der Waals surface area contributed by atoms with Gasteiger partial charge in [-0.25, -0.2) is 0 Å². The van der Waals surface area contributed by atoms with E-state index in [2.05, 4.69) is 4.98 Å². The van der Waals surface area contributed by atoms with Crippen LogP contribution in [0.3, 0.4) is 0 Å². The van der Waals surface area contributed by atoms with Crippen molar-refractivity contribution in [3.63, 3.8) is 0 Å². The van der Waals surface area contributed by atoms with Gasteiger partial charge < -0.3 is 20.4 Å². The number of piperidine rings is 1. The van der Waals surface area contributed by atoms with Gasteiger partial charge in [0, 0.05) is 30.4 Å². The highest BCUT2D eigenvalue weighted by atomic mass is 16.5. The van der Waals surface area contributed by atoms with E-state index in [0.717, 1.165) is 48.7 Å². The Hall–Kier alpha value is -2.47. The van der Waals surface area contributed by atoms with Gasteiger partial charge in [0.15, 0.2) is 18.3 Å². The number of carbonyl (C=O) groups excluding carboxylic acids is 1. The molecule has 3 N–H and O–H groups in total. The number of carbonyl (C=O) groups is 1. The molecule has 138 valence electrons. The summed E-state index contributed by atoms with van der Waals surface area (Å²) in [4.78, 5) is 19.9. The molecule has 0 aliphatic carbocycles. The summed E-state index contributed by atoms with van der Waals surface area (Å²) in [6.07, 6.45) is 3.37. The van der Waals surface area contributed by atoms with Crippen molar-refractivity contribution >= 4 is 17.4 Å². The minimum Gasteiger partial charge on any atom is -0.469 e. The lowest BCUT2D eigenvalue weighted by atomic mass is 9.95. The number of nitrogens with two attached hydrogens (primary N) is 1. The number of benzene rings is 1. The van der Waals surface area contributed by atoms with Gasteiger partial charge in [0.1, 0.15) is 5.69 Å². The molecule has 6 nitrogen and oxygen atoms in total. The van der Waals surface area contributed by atoms with E-state index < -0.39 is 0 Å². The van der Waals surface area contributed by atoms with Crippen LogP contribution >= 0.6 is 0 Å². The maximum atomic E-state index is 12.7. The SMILES string of the molecule is CC(C)(N)c1ccc(N2COc3cc(C(=O)N4CCCCC4)[nH]c32)cc1. The summed E-state index contributed by atoms with van der Waals surface area (Å²) in [5.41, 5.74) is 8.47. The largest absolute Gasteiger partial charge is 0.469 e. The first-order valence-electron chi connectivity index (χ1n) is 9.25. The Labute approximate surface area is 153 Å². The van der Waals surface area contributed by atoms with Crippen molar-refractivity contribution in [3.8, 4) is 5.75 Å². The van der Waals surface area contributed by atoms with Crippen LogP contribution < -0.4 is 15.4 Å². The molecule has 6 heteroatoms. The standard InChI is InChI=1S/C20H26N4O2/c1-20(2,21)14-6-8-15(9-7-14)24-13-26-17-12-16(22-18(17)24)19(25)23-10-4-3-5-11-23/h6-9,12,22H,3-5,10-11,13,21H2,1-2H3. The second-order valence-electron chi connectivity index (χ2n) is 7.72. The number of hydrogen-bond donors (Lipinski definition) is 2. The molecule has 4 rings (SSSR count). The Morgan fingerprint density at radius 3 is 2.50 bits per heavy atom. The molecular weight excluding hydrogens is 328 g/mol. The first-order valence-corrected chi connectivity index (χ1v) is 9.25. The number of ether oxygens (including phenoxy) is 1. The smallest absolute Gasteiger partial charge is 0.270 e. The third kappa shape index (κ3) is 3.05. The number of anilines is 2. The normalized spacial score (nSPS) is 17.2. The third-order valence-corrected chi connectivity index (χ3v) is 5.18. The van der Waals surface area contributed by atoms with Crippen LogP contribution in [0.1, 0.15) is 49.2 Å². The van der Waals surface area contributed by atoms with Gasteiger partial charge in [-0.05, 0) is 50.8 Å². The molecule has 1 amide bonds. The average Bonchev–Trinajstić information content (AvgIpc) is 3.22. The van der Waals surface area contributed by atoms with Gasteiger partial charge in [-0.3, -0.25) is 9.69 Å². The first kappa shape index (κ1) is 17.0. The molecule has 0 spiro atoms. The second-order valence-corrected chi connectivity index (χ2v) is 7.72. The summed E-state index contributed by atoms with van der Waals surface area (Å²) < 4.78 is 5.78. The van der Waals surface area contributed by atoms with Crippen LogP contribution in [0, 0.1) is 0 Å². The minimum absolute atomic E-state index is 0.0582. The number of hydrogen-bond acceptors (Lipinski definition) is 4. The van der Waals surface area contributed by atoms with Crippen molar-refractivity contribution in [1.29, 1.82) is 0 Å². The monoisotopic (exact) mass is 354 g/mol. The molecule has 0 bridgehead atoms. The van der Waals surface area contributed by atoms with Gasteiger partial charge in [-0.2, -0.15) is 0 Å². The summed E-state index contributed by atoms with van der Waals surface area (Å²) in [5, 5.41) is 0. The van der Waals surface area contributed by atoms with E-state index in [1.165, 1.54) is 6.42 Å². The van der Waals surface area contributed by atoms with Gasteiger partial charge in [0.25, 0.3) is 5.91 Å². The Morgan fingerprint density at radius 1 is 1.15 bits per heavy atom. The fraction of sp³-hybridized carbons (Fsp3) is 0.450. The molecular formula is C20H26N4O2. The number of nitrogens with zero attached hydrogens (tertiary/aromatic N) is 2. The summed E-state index contributed by atoms with van der Waals surface area (Å²) in [5.74, 6) is 1.63. The van der Waals surface area contributed by atoms with Crippen LogP contribution in [0.4, 0.5) is 11.5 Å². The highest BCUT2D eigenvalue weighted by Gasteiger charge is 2.29. The Morgan fingerprint density at radius 2 is 1.85 bits per heavy atom. The molecule has 26 heavy (non-hydrogen) atoms. The number of H-pyrrole nitrogens is 1. The first-order chi connectivity index (χ1) is 12.4. The molecule has 0 unspecified atom stereocenters. The van der Waals surface area contributed by atoms with Crippen LogP contribution in [0.2, 0.25) is 0 Å². The number of amides is 1. The number of nitrogens with one attached hydrogen (secondary N) is 1. The van der Waals surface area contributed by atoms with E-state index in [9.17, 15) is 4.79 Å². The number of aromatic amines is 1. The maximum absolute atomic E-state index is 12.7. The number of rotatable bonds is 3. The fourth-order valence-electron chi connectivity index (χ4n) is 3.59. The molecule has 0 atom stereocenters. The van der Waals surface area contributed by atoms with Crippen LogP contribution in [0.25, 0.3) is 0 Å². The number of fused-ring (bicyclic) bond motifs is 1. The van der Waals surface area contributed by atoms with Gasteiger partial charge >= 0.3 is 0 Å². The third-order valence-electron chi connectivity index (χ3n) is 5.18. The van der Waals surface area contributed by atoms with Crippen LogP contribution in [-0.2, 0) is 5.54 Å². The average molecular weight is 354 g/mol. The predicted octanol–water partition coefficient (Wildman–Crippen LogP) is 3.32. The molecule has 2 aliphatic rings. The lowest BCUT2D eigenvalue weighted by Crippen LogP contribution is -2.35. The maximum Gasteiger partial charge on any atom is 0.270 e. The van der Waals surface area contributed by atoms with E-state index in [-0.39, 0.29) is 11.4 Å². The molecule has 3 heterocycles. The molecule has 2 aromatic rings. The molecule has 1 fully saturated rings. The zero-order valence-corrected chi connectivity index (χ0v) is 15.4. The molecule has 1 aromatic heterocycles. The van der Waals surface area contributed by atoms with E-state index in [1.54, 1.807) is 0 Å². The zero-order chi connectivity index (χ0) is 18.3. The molecule has 0 saturated carbocycles. The lowest BCUT2D eigenvalue weighted by Gasteiger charge is -2.26. The molecule has 0 radical (unpaired) electrons. The van der Waals surface area contributed by atoms with E-state index in [4.69, 9.17) is 10.5 Å². The highest BCUT2D eigenvalue weighted by molar-refractivity contribution is 5.94. The van der Waals surface area contributed by atoms with Crippen molar-refractivity contribution in [2.24, 2.45) is 5.73 Å². The second kappa shape index (κ2) is 6.36.